The van der Waals surface area contributed by atoms with E-state index in [1.54, 1.807) is 18.2 Å². The number of halogens is 2. The van der Waals surface area contributed by atoms with E-state index in [0.717, 1.165) is 18.4 Å². The minimum atomic E-state index is -3.73. The zero-order valence-electron chi connectivity index (χ0n) is 15.8. The summed E-state index contributed by atoms with van der Waals surface area (Å²) in [5.74, 6) is -0.411. The summed E-state index contributed by atoms with van der Waals surface area (Å²) >= 11 is 12.1. The van der Waals surface area contributed by atoms with Gasteiger partial charge in [-0.15, -0.1) is 0 Å². The standard InChI is InChI=1S/C22H18Cl2N2O3S/c23-18-7-3-8-19(21(18)24)25-22(27)16-10-12-17(13-11-16)30(28,29)26-14-4-6-15-5-1-2-9-20(15)26/h1-3,5,7-13H,4,6,14H2,(H,25,27). The molecule has 0 unspecified atom stereocenters. The van der Waals surface area contributed by atoms with Crippen LogP contribution in [0.15, 0.2) is 71.6 Å². The second kappa shape index (κ2) is 8.30. The maximum Gasteiger partial charge on any atom is 0.264 e. The Morgan fingerprint density at radius 2 is 1.67 bits per heavy atom. The molecule has 4 rings (SSSR count). The predicted octanol–water partition coefficient (Wildman–Crippen LogP) is 5.39. The quantitative estimate of drug-likeness (QED) is 0.567. The summed E-state index contributed by atoms with van der Waals surface area (Å²) < 4.78 is 27.8. The highest BCUT2D eigenvalue weighted by Crippen LogP contribution is 2.32. The molecule has 0 saturated carbocycles. The molecule has 5 nitrogen and oxygen atoms in total. The van der Waals surface area contributed by atoms with Gasteiger partial charge in [-0.3, -0.25) is 9.10 Å². The second-order valence-corrected chi connectivity index (χ2v) is 9.54. The summed E-state index contributed by atoms with van der Waals surface area (Å²) in [5, 5.41) is 3.26. The molecule has 3 aromatic rings. The van der Waals surface area contributed by atoms with E-state index in [9.17, 15) is 13.2 Å². The van der Waals surface area contributed by atoms with Crippen LogP contribution in [0.2, 0.25) is 10.0 Å². The summed E-state index contributed by atoms with van der Waals surface area (Å²) in [7, 11) is -3.73. The molecule has 0 radical (unpaired) electrons. The number of para-hydroxylation sites is 1. The number of fused-ring (bicyclic) bond motifs is 1. The van der Waals surface area contributed by atoms with Gasteiger partial charge in [0.25, 0.3) is 15.9 Å². The molecular formula is C22H18Cl2N2O3S. The lowest BCUT2D eigenvalue weighted by molar-refractivity contribution is 0.102. The van der Waals surface area contributed by atoms with Gasteiger partial charge in [0.05, 0.1) is 26.3 Å². The smallest absolute Gasteiger partial charge is 0.264 e. The molecular weight excluding hydrogens is 443 g/mol. The van der Waals surface area contributed by atoms with Gasteiger partial charge in [-0.05, 0) is 60.9 Å². The minimum Gasteiger partial charge on any atom is -0.321 e. The fourth-order valence-electron chi connectivity index (χ4n) is 3.45. The highest BCUT2D eigenvalue weighted by molar-refractivity contribution is 7.92. The van der Waals surface area contributed by atoms with E-state index >= 15 is 0 Å². The van der Waals surface area contributed by atoms with Crippen molar-refractivity contribution < 1.29 is 13.2 Å². The van der Waals surface area contributed by atoms with E-state index in [2.05, 4.69) is 5.32 Å². The third-order valence-electron chi connectivity index (χ3n) is 4.97. The summed E-state index contributed by atoms with van der Waals surface area (Å²) in [4.78, 5) is 12.7. The summed E-state index contributed by atoms with van der Waals surface area (Å²) in [6.45, 7) is 0.425. The van der Waals surface area contributed by atoms with Crippen LogP contribution in [0, 0.1) is 0 Å². The van der Waals surface area contributed by atoms with E-state index in [-0.39, 0.29) is 9.92 Å². The Bertz CT molecular complexity index is 1210. The molecule has 0 aliphatic carbocycles. The lowest BCUT2D eigenvalue weighted by atomic mass is 10.0. The van der Waals surface area contributed by atoms with Gasteiger partial charge in [0.1, 0.15) is 0 Å². The zero-order valence-corrected chi connectivity index (χ0v) is 18.1. The number of anilines is 2. The van der Waals surface area contributed by atoms with Gasteiger partial charge in [0, 0.05) is 12.1 Å². The normalized spacial score (nSPS) is 13.6. The Labute approximate surface area is 185 Å². The van der Waals surface area contributed by atoms with Gasteiger partial charge in [-0.25, -0.2) is 8.42 Å². The van der Waals surface area contributed by atoms with Crippen molar-refractivity contribution in [1.82, 2.24) is 0 Å². The molecule has 1 amide bonds. The van der Waals surface area contributed by atoms with Gasteiger partial charge in [-0.2, -0.15) is 0 Å². The summed E-state index contributed by atoms with van der Waals surface area (Å²) in [5.41, 5.74) is 2.42. The number of amides is 1. The maximum absolute atomic E-state index is 13.2. The second-order valence-electron chi connectivity index (χ2n) is 6.89. The molecule has 0 fully saturated rings. The molecule has 0 aromatic heterocycles. The van der Waals surface area contributed by atoms with E-state index < -0.39 is 15.9 Å². The number of benzene rings is 3. The number of carbonyl (C=O) groups is 1. The Morgan fingerprint density at radius 1 is 0.933 bits per heavy atom. The van der Waals surface area contributed by atoms with Crippen LogP contribution in [0.4, 0.5) is 11.4 Å². The van der Waals surface area contributed by atoms with Crippen molar-refractivity contribution in [3.05, 3.63) is 87.9 Å². The van der Waals surface area contributed by atoms with Crippen LogP contribution in [0.3, 0.4) is 0 Å². The monoisotopic (exact) mass is 460 g/mol. The van der Waals surface area contributed by atoms with Gasteiger partial charge in [0.15, 0.2) is 0 Å². The highest BCUT2D eigenvalue weighted by atomic mass is 35.5. The topological polar surface area (TPSA) is 66.5 Å². The molecule has 1 N–H and O–H groups in total. The van der Waals surface area contributed by atoms with Crippen molar-refractivity contribution in [3.63, 3.8) is 0 Å². The number of nitrogens with one attached hydrogen (secondary N) is 1. The molecule has 0 bridgehead atoms. The first kappa shape index (κ1) is 20.7. The first-order chi connectivity index (χ1) is 14.4. The van der Waals surface area contributed by atoms with E-state index in [1.807, 2.05) is 24.3 Å². The number of nitrogens with zero attached hydrogens (tertiary/aromatic N) is 1. The number of sulfonamides is 1. The molecule has 8 heteroatoms. The first-order valence-corrected chi connectivity index (χ1v) is 11.5. The third kappa shape index (κ3) is 3.90. The summed E-state index contributed by atoms with van der Waals surface area (Å²) in [6, 6.07) is 18.3. The number of rotatable bonds is 4. The summed E-state index contributed by atoms with van der Waals surface area (Å²) in [6.07, 6.45) is 1.62. The number of hydrogen-bond acceptors (Lipinski definition) is 3. The van der Waals surface area contributed by atoms with Crippen LogP contribution in [-0.2, 0) is 16.4 Å². The zero-order chi connectivity index (χ0) is 21.3. The fourth-order valence-corrected chi connectivity index (χ4v) is 5.34. The molecule has 1 aliphatic heterocycles. The van der Waals surface area contributed by atoms with Crippen molar-refractivity contribution in [3.8, 4) is 0 Å². The largest absolute Gasteiger partial charge is 0.321 e. The molecule has 154 valence electrons. The van der Waals surface area contributed by atoms with Crippen LogP contribution < -0.4 is 9.62 Å². The average molecular weight is 461 g/mol. The van der Waals surface area contributed by atoms with Crippen molar-refractivity contribution >= 4 is 50.5 Å². The Kier molecular flexibility index (Phi) is 5.73. The highest BCUT2D eigenvalue weighted by Gasteiger charge is 2.29. The van der Waals surface area contributed by atoms with Crippen molar-refractivity contribution in [2.45, 2.75) is 17.7 Å². The number of hydrogen-bond donors (Lipinski definition) is 1. The van der Waals surface area contributed by atoms with Crippen LogP contribution in [-0.4, -0.2) is 20.9 Å². The SMILES string of the molecule is O=C(Nc1cccc(Cl)c1Cl)c1ccc(S(=O)(=O)N2CCCc3ccccc32)cc1. The molecule has 1 aliphatic rings. The van der Waals surface area contributed by atoms with Crippen LogP contribution in [0.1, 0.15) is 22.3 Å². The molecule has 0 saturated heterocycles. The van der Waals surface area contributed by atoms with E-state index in [1.165, 1.54) is 28.6 Å². The third-order valence-corrected chi connectivity index (χ3v) is 7.62. The minimum absolute atomic E-state index is 0.136. The lowest BCUT2D eigenvalue weighted by Gasteiger charge is -2.30. The van der Waals surface area contributed by atoms with Crippen LogP contribution >= 0.6 is 23.2 Å². The van der Waals surface area contributed by atoms with Gasteiger partial charge in [0.2, 0.25) is 0 Å². The van der Waals surface area contributed by atoms with Gasteiger partial charge in [-0.1, -0.05) is 47.5 Å². The number of aryl methyl sites for hydroxylation is 1. The van der Waals surface area contributed by atoms with E-state index in [4.69, 9.17) is 23.2 Å². The van der Waals surface area contributed by atoms with Crippen molar-refractivity contribution in [1.29, 1.82) is 0 Å². The molecule has 0 spiro atoms. The maximum atomic E-state index is 13.2. The van der Waals surface area contributed by atoms with Crippen molar-refractivity contribution in [2.24, 2.45) is 0 Å². The molecule has 0 atom stereocenters. The fraction of sp³-hybridized carbons (Fsp3) is 0.136. The Balaban J connectivity index is 1.58. The van der Waals surface area contributed by atoms with Crippen LogP contribution in [0.5, 0.6) is 0 Å². The van der Waals surface area contributed by atoms with Gasteiger partial charge >= 0.3 is 0 Å². The molecule has 1 heterocycles. The Hall–Kier alpha value is -2.54. The lowest BCUT2D eigenvalue weighted by Crippen LogP contribution is -2.35. The van der Waals surface area contributed by atoms with E-state index in [0.29, 0.717) is 28.5 Å². The predicted molar refractivity (Wildman–Crippen MR) is 120 cm³/mol. The number of carbonyl (C=O) groups excluding carboxylic acids is 1. The first-order valence-electron chi connectivity index (χ1n) is 9.34. The Morgan fingerprint density at radius 3 is 2.43 bits per heavy atom. The molecule has 3 aromatic carbocycles. The van der Waals surface area contributed by atoms with Crippen LogP contribution in [0.25, 0.3) is 0 Å². The van der Waals surface area contributed by atoms with Gasteiger partial charge < -0.3 is 5.32 Å². The molecule has 30 heavy (non-hydrogen) atoms. The average Bonchev–Trinajstić information content (AvgIpc) is 2.76. The van der Waals surface area contributed by atoms with Crippen molar-refractivity contribution in [2.75, 3.05) is 16.2 Å².